The van der Waals surface area contributed by atoms with Crippen LogP contribution in [-0.2, 0) is 23.9 Å². The number of unbranched alkanes of at least 4 members (excludes halogenated alkanes) is 25. The van der Waals surface area contributed by atoms with Gasteiger partial charge in [-0.25, -0.2) is 0 Å². The van der Waals surface area contributed by atoms with Gasteiger partial charge in [0.1, 0.15) is 18.5 Å². The van der Waals surface area contributed by atoms with Gasteiger partial charge in [0.25, 0.3) is 0 Å². The van der Waals surface area contributed by atoms with Gasteiger partial charge < -0.3 is 19.4 Å². The second kappa shape index (κ2) is 47.8. The number of rotatable bonds is 47. The third kappa shape index (κ3) is 43.9. The van der Waals surface area contributed by atoms with Crippen LogP contribution in [0.3, 0.4) is 0 Å². The summed E-state index contributed by atoms with van der Waals surface area (Å²) in [5.74, 6) is -0.0760. The Morgan fingerprint density at radius 2 is 0.733 bits per heavy atom. The molecule has 3 unspecified atom stereocenters. The van der Waals surface area contributed by atoms with Crippen LogP contribution in [0.5, 0.6) is 0 Å². The van der Waals surface area contributed by atoms with Crippen LogP contribution in [0.15, 0.2) is 36.5 Å². The molecule has 60 heavy (non-hydrogen) atoms. The van der Waals surface area contributed by atoms with Crippen molar-refractivity contribution >= 4 is 18.2 Å². The number of hydrogen-bond donors (Lipinski definition) is 1. The maximum atomic E-state index is 12.7. The first-order valence-corrected chi connectivity index (χ1v) is 25.9. The summed E-state index contributed by atoms with van der Waals surface area (Å²) in [6.45, 7) is 6.67. The van der Waals surface area contributed by atoms with E-state index in [9.17, 15) is 19.5 Å². The van der Waals surface area contributed by atoms with E-state index in [1.54, 1.807) is 0 Å². The molecule has 0 aromatic heterocycles. The van der Waals surface area contributed by atoms with Crippen LogP contribution >= 0.6 is 0 Å². The zero-order chi connectivity index (χ0) is 43.8. The molecule has 350 valence electrons. The number of aliphatic hydroxyl groups is 1. The Hall–Kier alpha value is -2.21. The number of hydrogen-bond acceptors (Lipinski definition) is 6. The number of carbonyl (C=O) groups is 3. The maximum absolute atomic E-state index is 12.7. The molecule has 0 aliphatic carbocycles. The number of aliphatic hydroxyl groups excluding tert-OH is 1. The summed E-state index contributed by atoms with van der Waals surface area (Å²) in [7, 11) is 0. The van der Waals surface area contributed by atoms with E-state index >= 15 is 0 Å². The van der Waals surface area contributed by atoms with Crippen molar-refractivity contribution in [3.8, 4) is 0 Å². The molecule has 0 bridgehead atoms. The van der Waals surface area contributed by atoms with Gasteiger partial charge in [-0.3, -0.25) is 9.59 Å². The van der Waals surface area contributed by atoms with Gasteiger partial charge in [-0.1, -0.05) is 179 Å². The zero-order valence-electron chi connectivity index (χ0n) is 39.8. The molecule has 0 saturated carbocycles. The van der Waals surface area contributed by atoms with E-state index in [2.05, 4.69) is 57.2 Å². The van der Waals surface area contributed by atoms with E-state index in [0.29, 0.717) is 19.3 Å². The van der Waals surface area contributed by atoms with Gasteiger partial charge in [0.2, 0.25) is 0 Å². The van der Waals surface area contributed by atoms with Crippen LogP contribution in [0.2, 0.25) is 0 Å². The highest BCUT2D eigenvalue weighted by molar-refractivity contribution is 5.69. The molecule has 0 aromatic carbocycles. The van der Waals surface area contributed by atoms with Gasteiger partial charge in [-0.05, 0) is 96.3 Å². The smallest absolute Gasteiger partial charge is 0.306 e. The summed E-state index contributed by atoms with van der Waals surface area (Å²) in [4.78, 5) is 35.9. The molecule has 0 radical (unpaired) electrons. The van der Waals surface area contributed by atoms with Crippen LogP contribution in [0.1, 0.15) is 271 Å². The van der Waals surface area contributed by atoms with E-state index in [0.717, 1.165) is 141 Å². The van der Waals surface area contributed by atoms with Gasteiger partial charge in [0.15, 0.2) is 0 Å². The van der Waals surface area contributed by atoms with Crippen molar-refractivity contribution in [3.05, 3.63) is 36.5 Å². The molecule has 3 atom stereocenters. The third-order valence-corrected chi connectivity index (χ3v) is 11.6. The SMILES string of the molecule is CCCCCCC(O)C/C=C/CCCCCCCC(=O)OC(C/C=C/CCCCCCCC(=O)OC(C/C=C/CCCCCCCC=O)CCCCCC)CCCCCC. The van der Waals surface area contributed by atoms with Crippen LogP contribution in [0.25, 0.3) is 0 Å². The Labute approximate surface area is 372 Å². The Bertz CT molecular complexity index is 1020. The zero-order valence-corrected chi connectivity index (χ0v) is 39.8. The minimum absolute atomic E-state index is 0.00370. The summed E-state index contributed by atoms with van der Waals surface area (Å²) in [6, 6.07) is 0. The molecule has 6 heteroatoms. The van der Waals surface area contributed by atoms with Crippen LogP contribution in [-0.4, -0.2) is 41.6 Å². The van der Waals surface area contributed by atoms with E-state index in [1.165, 1.54) is 96.3 Å². The van der Waals surface area contributed by atoms with Crippen LogP contribution in [0, 0.1) is 0 Å². The van der Waals surface area contributed by atoms with Crippen molar-refractivity contribution in [1.29, 1.82) is 0 Å². The molecule has 0 amide bonds. The number of ether oxygens (including phenoxy) is 2. The Morgan fingerprint density at radius 1 is 0.400 bits per heavy atom. The molecule has 6 nitrogen and oxygen atoms in total. The standard InChI is InChI=1S/C54H98O6/c1-4-7-10-32-41-50(56)42-33-26-20-15-17-23-29-38-47-53(57)60-52(44-35-12-9-6-3)46-37-28-22-16-18-24-30-39-48-54(58)59-51(43-34-11-8-5-2)45-36-27-21-14-13-19-25-31-40-49-55/h26-28,33,36-37,49-52,56H,4-25,29-32,34-35,38-48H2,1-3H3/b33-26+,36-27+,37-28+. The largest absolute Gasteiger partial charge is 0.462 e. The monoisotopic (exact) mass is 843 g/mol. The summed E-state index contributed by atoms with van der Waals surface area (Å²) < 4.78 is 11.9. The Balaban J connectivity index is 4.24. The number of allylic oxidation sites excluding steroid dienone is 3. The third-order valence-electron chi connectivity index (χ3n) is 11.6. The molecule has 0 rings (SSSR count). The van der Waals surface area contributed by atoms with E-state index < -0.39 is 0 Å². The summed E-state index contributed by atoms with van der Waals surface area (Å²) in [5, 5.41) is 10.1. The molecule has 0 aliphatic rings. The molecule has 0 fully saturated rings. The molecule has 0 spiro atoms. The van der Waals surface area contributed by atoms with Crippen molar-refractivity contribution in [2.75, 3.05) is 0 Å². The first kappa shape index (κ1) is 57.8. The van der Waals surface area contributed by atoms with E-state index in [-0.39, 0.29) is 30.3 Å². The van der Waals surface area contributed by atoms with Crippen molar-refractivity contribution < 1.29 is 29.0 Å². The van der Waals surface area contributed by atoms with Gasteiger partial charge in [0.05, 0.1) is 6.10 Å². The van der Waals surface area contributed by atoms with Gasteiger partial charge >= 0.3 is 11.9 Å². The highest BCUT2D eigenvalue weighted by Crippen LogP contribution is 2.18. The van der Waals surface area contributed by atoms with Gasteiger partial charge in [-0.2, -0.15) is 0 Å². The van der Waals surface area contributed by atoms with Gasteiger partial charge in [-0.15, -0.1) is 0 Å². The van der Waals surface area contributed by atoms with Crippen molar-refractivity contribution in [2.24, 2.45) is 0 Å². The summed E-state index contributed by atoms with van der Waals surface area (Å²) in [6.07, 6.45) is 55.3. The minimum Gasteiger partial charge on any atom is -0.462 e. The van der Waals surface area contributed by atoms with Crippen molar-refractivity contribution in [3.63, 3.8) is 0 Å². The average Bonchev–Trinajstić information content (AvgIpc) is 3.24. The highest BCUT2D eigenvalue weighted by atomic mass is 16.5. The lowest BCUT2D eigenvalue weighted by Gasteiger charge is -2.17. The van der Waals surface area contributed by atoms with Gasteiger partial charge in [0, 0.05) is 32.1 Å². The number of carbonyl (C=O) groups excluding carboxylic acids is 3. The Kier molecular flexibility index (Phi) is 46.1. The first-order chi connectivity index (χ1) is 29.5. The van der Waals surface area contributed by atoms with E-state index in [4.69, 9.17) is 9.47 Å². The molecular formula is C54H98O6. The normalized spacial score (nSPS) is 13.4. The second-order valence-electron chi connectivity index (χ2n) is 17.7. The molecule has 0 heterocycles. The number of esters is 2. The number of aldehydes is 1. The van der Waals surface area contributed by atoms with Crippen LogP contribution in [0.4, 0.5) is 0 Å². The predicted molar refractivity (Wildman–Crippen MR) is 256 cm³/mol. The second-order valence-corrected chi connectivity index (χ2v) is 17.7. The molecule has 0 aliphatic heterocycles. The fraction of sp³-hybridized carbons (Fsp3) is 0.833. The molecule has 0 aromatic rings. The van der Waals surface area contributed by atoms with Crippen molar-refractivity contribution in [2.45, 2.75) is 289 Å². The minimum atomic E-state index is -0.191. The molecule has 0 saturated heterocycles. The lowest BCUT2D eigenvalue weighted by molar-refractivity contribution is -0.150. The Morgan fingerprint density at radius 3 is 1.13 bits per heavy atom. The van der Waals surface area contributed by atoms with E-state index in [1.807, 2.05) is 0 Å². The average molecular weight is 843 g/mol. The fourth-order valence-corrected chi connectivity index (χ4v) is 7.71. The maximum Gasteiger partial charge on any atom is 0.306 e. The fourth-order valence-electron chi connectivity index (χ4n) is 7.71. The predicted octanol–water partition coefficient (Wildman–Crippen LogP) is 16.3. The van der Waals surface area contributed by atoms with Crippen LogP contribution < -0.4 is 0 Å². The summed E-state index contributed by atoms with van der Waals surface area (Å²) in [5.41, 5.74) is 0. The quantitative estimate of drug-likeness (QED) is 0.0284. The first-order valence-electron chi connectivity index (χ1n) is 25.9. The summed E-state index contributed by atoms with van der Waals surface area (Å²) >= 11 is 0. The highest BCUT2D eigenvalue weighted by Gasteiger charge is 2.14. The molecule has 1 N–H and O–H groups in total. The lowest BCUT2D eigenvalue weighted by Crippen LogP contribution is -2.17. The lowest BCUT2D eigenvalue weighted by atomic mass is 10.0. The molecular weight excluding hydrogens is 745 g/mol. The van der Waals surface area contributed by atoms with Crippen molar-refractivity contribution in [1.82, 2.24) is 0 Å². The topological polar surface area (TPSA) is 89.9 Å².